The summed E-state index contributed by atoms with van der Waals surface area (Å²) in [5, 5.41) is 5.01. The second-order valence-electron chi connectivity index (χ2n) is 16.8. The van der Waals surface area contributed by atoms with E-state index in [-0.39, 0.29) is 0 Å². The molecule has 0 amide bonds. The van der Waals surface area contributed by atoms with E-state index in [1.54, 1.807) is 0 Å². The van der Waals surface area contributed by atoms with Crippen molar-refractivity contribution in [1.29, 1.82) is 0 Å². The number of anilines is 3. The van der Waals surface area contributed by atoms with Crippen molar-refractivity contribution in [3.8, 4) is 44.5 Å². The van der Waals surface area contributed by atoms with Gasteiger partial charge in [-0.05, 0) is 113 Å². The molecule has 300 valence electrons. The van der Waals surface area contributed by atoms with Crippen LogP contribution in [-0.2, 0) is 5.41 Å². The summed E-state index contributed by atoms with van der Waals surface area (Å²) in [6, 6.07) is 95.8. The fourth-order valence-electron chi connectivity index (χ4n) is 10.5. The molecule has 64 heavy (non-hydrogen) atoms. The van der Waals surface area contributed by atoms with Crippen LogP contribution in [0.3, 0.4) is 0 Å². The fourth-order valence-corrected chi connectivity index (χ4v) is 10.5. The Morgan fingerprint density at radius 1 is 0.281 bits per heavy atom. The molecule has 0 atom stereocenters. The van der Waals surface area contributed by atoms with Gasteiger partial charge in [0.15, 0.2) is 0 Å². The zero-order chi connectivity index (χ0) is 42.5. The SMILES string of the molecule is c1ccc(C2(c3ccccc3)c3ccccc3-c3c(N(c4ccc(-c5cccc6ccccc56)cc4)c4cccc(-c5ccc(-c6cccc7ccccc67)cc5)c4)cccc32)cc1. The summed E-state index contributed by atoms with van der Waals surface area (Å²) in [6.45, 7) is 0. The maximum Gasteiger partial charge on any atom is 0.0714 e. The minimum absolute atomic E-state index is 0.512. The van der Waals surface area contributed by atoms with Gasteiger partial charge in [0.25, 0.3) is 0 Å². The highest BCUT2D eigenvalue weighted by molar-refractivity contribution is 6.00. The topological polar surface area (TPSA) is 3.24 Å². The highest BCUT2D eigenvalue weighted by atomic mass is 15.1. The molecule has 1 nitrogen and oxygen atoms in total. The largest absolute Gasteiger partial charge is 0.310 e. The van der Waals surface area contributed by atoms with E-state index >= 15 is 0 Å². The van der Waals surface area contributed by atoms with Gasteiger partial charge in [0, 0.05) is 16.9 Å². The van der Waals surface area contributed by atoms with E-state index in [9.17, 15) is 0 Å². The van der Waals surface area contributed by atoms with E-state index in [4.69, 9.17) is 0 Å². The molecule has 0 heterocycles. The Balaban J connectivity index is 1.05. The molecule has 11 aromatic rings. The second kappa shape index (κ2) is 15.6. The molecule has 0 N–H and O–H groups in total. The third-order valence-electron chi connectivity index (χ3n) is 13.4. The second-order valence-corrected chi connectivity index (χ2v) is 16.8. The molecule has 0 saturated carbocycles. The van der Waals surface area contributed by atoms with Gasteiger partial charge in [-0.3, -0.25) is 0 Å². The molecule has 1 aliphatic carbocycles. The Morgan fingerprint density at radius 2 is 0.750 bits per heavy atom. The van der Waals surface area contributed by atoms with Crippen LogP contribution in [0.15, 0.2) is 261 Å². The van der Waals surface area contributed by atoms with Crippen molar-refractivity contribution < 1.29 is 0 Å². The Labute approximate surface area is 374 Å². The zero-order valence-electron chi connectivity index (χ0n) is 35.3. The number of rotatable bonds is 8. The summed E-state index contributed by atoms with van der Waals surface area (Å²) in [5.41, 5.74) is 17.6. The van der Waals surface area contributed by atoms with Crippen molar-refractivity contribution in [3.05, 3.63) is 283 Å². The smallest absolute Gasteiger partial charge is 0.0714 e. The number of hydrogen-bond donors (Lipinski definition) is 0. The average molecular weight is 814 g/mol. The van der Waals surface area contributed by atoms with Crippen LogP contribution in [0.2, 0.25) is 0 Å². The van der Waals surface area contributed by atoms with Crippen molar-refractivity contribution >= 4 is 38.6 Å². The average Bonchev–Trinajstić information content (AvgIpc) is 3.69. The minimum atomic E-state index is -0.512. The van der Waals surface area contributed by atoms with Crippen LogP contribution in [0.25, 0.3) is 66.1 Å². The van der Waals surface area contributed by atoms with Gasteiger partial charge in [-0.25, -0.2) is 0 Å². The van der Waals surface area contributed by atoms with Gasteiger partial charge in [-0.1, -0.05) is 231 Å². The van der Waals surface area contributed by atoms with Crippen molar-refractivity contribution in [3.63, 3.8) is 0 Å². The van der Waals surface area contributed by atoms with Gasteiger partial charge in [0.05, 0.1) is 11.1 Å². The molecule has 0 radical (unpaired) electrons. The molecule has 1 aliphatic rings. The normalized spacial score (nSPS) is 12.5. The lowest BCUT2D eigenvalue weighted by molar-refractivity contribution is 0.768. The fraction of sp³-hybridized carbons (Fsp3) is 0.0159. The third-order valence-corrected chi connectivity index (χ3v) is 13.4. The molecule has 0 fully saturated rings. The molecule has 0 spiro atoms. The summed E-state index contributed by atoms with van der Waals surface area (Å²) >= 11 is 0. The molecular weight excluding hydrogens is 771 g/mol. The van der Waals surface area contributed by atoms with Gasteiger partial charge in [-0.15, -0.1) is 0 Å². The standard InChI is InChI=1S/C63H43N/c1-3-22-50(23-4-1)63(51-24-5-2-6-25-51)59-32-12-11-29-58(59)62-60(63)33-16-34-61(62)64(52-41-39-48(40-42-52)57-31-15-20-46-18-8-10-28-55(46)57)53-26-13-21-49(43-53)44-35-37-47(38-36-44)56-30-14-19-45-17-7-9-27-54(45)56/h1-43H. The van der Waals surface area contributed by atoms with Crippen molar-refractivity contribution in [1.82, 2.24) is 0 Å². The Kier molecular flexibility index (Phi) is 9.13. The summed E-state index contributed by atoms with van der Waals surface area (Å²) in [5.74, 6) is 0. The van der Waals surface area contributed by atoms with Gasteiger partial charge in [0.1, 0.15) is 0 Å². The summed E-state index contributed by atoms with van der Waals surface area (Å²) in [6.07, 6.45) is 0. The quantitative estimate of drug-likeness (QED) is 0.148. The Bertz CT molecular complexity index is 3430. The lowest BCUT2D eigenvalue weighted by Gasteiger charge is -2.34. The van der Waals surface area contributed by atoms with Crippen LogP contribution in [0.1, 0.15) is 22.3 Å². The van der Waals surface area contributed by atoms with Crippen LogP contribution in [0.4, 0.5) is 17.1 Å². The van der Waals surface area contributed by atoms with Crippen LogP contribution in [0.5, 0.6) is 0 Å². The first-order valence-corrected chi connectivity index (χ1v) is 22.2. The highest BCUT2D eigenvalue weighted by Gasteiger charge is 2.47. The van der Waals surface area contributed by atoms with Gasteiger partial charge < -0.3 is 4.90 Å². The highest BCUT2D eigenvalue weighted by Crippen LogP contribution is 2.59. The van der Waals surface area contributed by atoms with Gasteiger partial charge in [0.2, 0.25) is 0 Å². The Morgan fingerprint density at radius 3 is 1.39 bits per heavy atom. The molecule has 0 unspecified atom stereocenters. The van der Waals surface area contributed by atoms with Crippen molar-refractivity contribution in [2.75, 3.05) is 4.90 Å². The number of fused-ring (bicyclic) bond motifs is 5. The zero-order valence-corrected chi connectivity index (χ0v) is 35.3. The van der Waals surface area contributed by atoms with Gasteiger partial charge >= 0.3 is 0 Å². The predicted molar refractivity (Wildman–Crippen MR) is 270 cm³/mol. The van der Waals surface area contributed by atoms with Crippen LogP contribution < -0.4 is 4.90 Å². The third kappa shape index (κ3) is 6.08. The lowest BCUT2D eigenvalue weighted by Crippen LogP contribution is -2.28. The molecule has 0 aliphatic heterocycles. The Hall–Kier alpha value is -8.26. The number of hydrogen-bond acceptors (Lipinski definition) is 1. The van der Waals surface area contributed by atoms with E-state index in [1.807, 2.05) is 0 Å². The van der Waals surface area contributed by atoms with Gasteiger partial charge in [-0.2, -0.15) is 0 Å². The summed E-state index contributed by atoms with van der Waals surface area (Å²) in [7, 11) is 0. The molecule has 0 aromatic heterocycles. The molecule has 0 bridgehead atoms. The predicted octanol–water partition coefficient (Wildman–Crippen LogP) is 16.8. The van der Waals surface area contributed by atoms with Crippen LogP contribution >= 0.6 is 0 Å². The van der Waals surface area contributed by atoms with E-state index in [2.05, 4.69) is 266 Å². The number of nitrogens with zero attached hydrogens (tertiary/aromatic N) is 1. The van der Waals surface area contributed by atoms with E-state index in [0.717, 1.165) is 22.6 Å². The number of benzene rings is 11. The first-order valence-electron chi connectivity index (χ1n) is 22.2. The molecule has 12 rings (SSSR count). The summed E-state index contributed by atoms with van der Waals surface area (Å²) in [4.78, 5) is 2.47. The van der Waals surface area contributed by atoms with Crippen molar-refractivity contribution in [2.24, 2.45) is 0 Å². The molecule has 0 saturated heterocycles. The van der Waals surface area contributed by atoms with E-state index < -0.39 is 5.41 Å². The van der Waals surface area contributed by atoms with E-state index in [0.29, 0.717) is 0 Å². The monoisotopic (exact) mass is 813 g/mol. The van der Waals surface area contributed by atoms with Crippen LogP contribution in [0, 0.1) is 0 Å². The summed E-state index contributed by atoms with van der Waals surface area (Å²) < 4.78 is 0. The molecular formula is C63H43N. The maximum absolute atomic E-state index is 2.47. The first-order chi connectivity index (χ1) is 31.8. The minimum Gasteiger partial charge on any atom is -0.310 e. The van der Waals surface area contributed by atoms with Crippen LogP contribution in [-0.4, -0.2) is 0 Å². The van der Waals surface area contributed by atoms with E-state index in [1.165, 1.54) is 82.7 Å². The molecule has 1 heteroatoms. The lowest BCUT2D eigenvalue weighted by atomic mass is 9.68. The first kappa shape index (κ1) is 37.5. The maximum atomic E-state index is 2.47. The molecule has 11 aromatic carbocycles. The van der Waals surface area contributed by atoms with Crippen molar-refractivity contribution in [2.45, 2.75) is 5.41 Å².